The van der Waals surface area contributed by atoms with E-state index in [0.29, 0.717) is 5.76 Å². The van der Waals surface area contributed by atoms with Crippen LogP contribution in [-0.2, 0) is 4.79 Å². The number of rotatable bonds is 3. The third-order valence-electron chi connectivity index (χ3n) is 3.22. The molecule has 0 aliphatic carbocycles. The number of nitrogens with one attached hydrogen (secondary N) is 2. The molecule has 3 rings (SSSR count). The molecule has 23 heavy (non-hydrogen) atoms. The predicted octanol–water partition coefficient (Wildman–Crippen LogP) is 3.96. The lowest BCUT2D eigenvalue weighted by molar-refractivity contribution is -0.115. The Labute approximate surface area is 138 Å². The van der Waals surface area contributed by atoms with Gasteiger partial charge in [-0.2, -0.15) is 0 Å². The number of hydrogen-bond acceptors (Lipinski definition) is 3. The topological polar surface area (TPSA) is 54.3 Å². The van der Waals surface area contributed by atoms with Gasteiger partial charge in [-0.25, -0.2) is 0 Å². The molecule has 4 nitrogen and oxygen atoms in total. The van der Waals surface area contributed by atoms with Gasteiger partial charge in [0.25, 0.3) is 0 Å². The van der Waals surface area contributed by atoms with Crippen molar-refractivity contribution in [3.8, 4) is 0 Å². The van der Waals surface area contributed by atoms with Crippen molar-refractivity contribution in [3.63, 3.8) is 0 Å². The summed E-state index contributed by atoms with van der Waals surface area (Å²) in [5, 5.41) is 8.05. The molecule has 0 saturated carbocycles. The molecule has 0 bridgehead atoms. The first-order valence-corrected chi connectivity index (χ1v) is 7.44. The summed E-state index contributed by atoms with van der Waals surface area (Å²) in [6.07, 6.45) is 4.50. The van der Waals surface area contributed by atoms with Gasteiger partial charge in [-0.15, -0.1) is 0 Å². The largest absolute Gasteiger partial charge is 0.465 e. The summed E-state index contributed by atoms with van der Waals surface area (Å²) in [4.78, 5) is 11.8. The standard InChI is InChI=1S/C18H14N2O2S/c21-17(11-10-14-7-4-12-22-14)20-18(23)19-16-9-3-6-13-5-1-2-8-15(13)16/h1-12H,(H2,19,20,21,23). The van der Waals surface area contributed by atoms with E-state index in [2.05, 4.69) is 10.6 Å². The van der Waals surface area contributed by atoms with Crippen molar-refractivity contribution < 1.29 is 9.21 Å². The van der Waals surface area contributed by atoms with Crippen LogP contribution in [0, 0.1) is 0 Å². The second-order valence-corrected chi connectivity index (χ2v) is 5.23. The number of carbonyl (C=O) groups excluding carboxylic acids is 1. The summed E-state index contributed by atoms with van der Waals surface area (Å²) >= 11 is 5.19. The van der Waals surface area contributed by atoms with E-state index >= 15 is 0 Å². The number of anilines is 1. The Bertz CT molecular complexity index is 864. The van der Waals surface area contributed by atoms with Crippen molar-refractivity contribution in [1.82, 2.24) is 5.32 Å². The van der Waals surface area contributed by atoms with Crippen LogP contribution >= 0.6 is 12.2 Å². The summed E-state index contributed by atoms with van der Waals surface area (Å²) in [6.45, 7) is 0. The van der Waals surface area contributed by atoms with Crippen molar-refractivity contribution in [1.29, 1.82) is 0 Å². The monoisotopic (exact) mass is 322 g/mol. The van der Waals surface area contributed by atoms with Gasteiger partial charge >= 0.3 is 0 Å². The van der Waals surface area contributed by atoms with Crippen molar-refractivity contribution in [3.05, 3.63) is 72.7 Å². The highest BCUT2D eigenvalue weighted by atomic mass is 32.1. The molecule has 0 unspecified atom stereocenters. The Morgan fingerprint density at radius 3 is 2.70 bits per heavy atom. The fraction of sp³-hybridized carbons (Fsp3) is 0. The summed E-state index contributed by atoms with van der Waals surface area (Å²) < 4.78 is 5.12. The van der Waals surface area contributed by atoms with Crippen LogP contribution in [0.25, 0.3) is 16.8 Å². The fourth-order valence-corrected chi connectivity index (χ4v) is 2.40. The van der Waals surface area contributed by atoms with Crippen LogP contribution in [0.5, 0.6) is 0 Å². The number of fused-ring (bicyclic) bond motifs is 1. The Morgan fingerprint density at radius 1 is 1.04 bits per heavy atom. The van der Waals surface area contributed by atoms with Gasteiger partial charge in [0.1, 0.15) is 5.76 Å². The van der Waals surface area contributed by atoms with Crippen LogP contribution in [0.15, 0.2) is 71.4 Å². The zero-order valence-electron chi connectivity index (χ0n) is 12.2. The average molecular weight is 322 g/mol. The molecule has 2 aromatic carbocycles. The average Bonchev–Trinajstić information content (AvgIpc) is 3.07. The van der Waals surface area contributed by atoms with Gasteiger partial charge in [-0.05, 0) is 41.9 Å². The van der Waals surface area contributed by atoms with Gasteiger partial charge in [0, 0.05) is 17.1 Å². The smallest absolute Gasteiger partial charge is 0.250 e. The first-order chi connectivity index (χ1) is 11.2. The summed E-state index contributed by atoms with van der Waals surface area (Å²) in [5.41, 5.74) is 0.850. The van der Waals surface area contributed by atoms with Crippen molar-refractivity contribution >= 4 is 45.8 Å². The van der Waals surface area contributed by atoms with Crippen molar-refractivity contribution in [2.75, 3.05) is 5.32 Å². The third-order valence-corrected chi connectivity index (χ3v) is 3.42. The van der Waals surface area contributed by atoms with E-state index in [1.54, 1.807) is 24.5 Å². The van der Waals surface area contributed by atoms with Gasteiger partial charge < -0.3 is 9.73 Å². The highest BCUT2D eigenvalue weighted by molar-refractivity contribution is 7.80. The Hall–Kier alpha value is -2.92. The molecule has 5 heteroatoms. The SMILES string of the molecule is O=C(C=Cc1ccco1)NC(=S)Nc1cccc2ccccc12. The van der Waals surface area contributed by atoms with Crippen LogP contribution in [-0.4, -0.2) is 11.0 Å². The fourth-order valence-electron chi connectivity index (χ4n) is 2.19. The van der Waals surface area contributed by atoms with E-state index in [-0.39, 0.29) is 11.0 Å². The molecule has 0 aliphatic rings. The number of thiocarbonyl (C=S) groups is 1. The summed E-state index contributed by atoms with van der Waals surface area (Å²) in [7, 11) is 0. The molecule has 1 heterocycles. The molecule has 2 N–H and O–H groups in total. The van der Waals surface area contributed by atoms with Gasteiger partial charge in [-0.3, -0.25) is 10.1 Å². The predicted molar refractivity (Wildman–Crippen MR) is 96.1 cm³/mol. The van der Waals surface area contributed by atoms with Crippen LogP contribution in [0.3, 0.4) is 0 Å². The molecule has 114 valence electrons. The normalized spacial score (nSPS) is 10.8. The molecule has 0 saturated heterocycles. The molecule has 0 spiro atoms. The van der Waals surface area contributed by atoms with Crippen LogP contribution < -0.4 is 10.6 Å². The zero-order valence-corrected chi connectivity index (χ0v) is 13.0. The minimum atomic E-state index is -0.320. The number of carbonyl (C=O) groups is 1. The van der Waals surface area contributed by atoms with Gasteiger partial charge in [0.05, 0.1) is 6.26 Å². The molecule has 1 aromatic heterocycles. The molecule has 1 amide bonds. The van der Waals surface area contributed by atoms with Gasteiger partial charge in [0.15, 0.2) is 5.11 Å². The molecular formula is C18H14N2O2S. The lowest BCUT2D eigenvalue weighted by Gasteiger charge is -2.10. The van der Waals surface area contributed by atoms with E-state index in [1.807, 2.05) is 42.5 Å². The minimum Gasteiger partial charge on any atom is -0.465 e. The molecule has 0 atom stereocenters. The zero-order chi connectivity index (χ0) is 16.1. The maximum atomic E-state index is 11.8. The molecule has 3 aromatic rings. The third kappa shape index (κ3) is 3.84. The van der Waals surface area contributed by atoms with E-state index in [4.69, 9.17) is 16.6 Å². The second-order valence-electron chi connectivity index (χ2n) is 4.82. The summed E-state index contributed by atoms with van der Waals surface area (Å²) in [5.74, 6) is 0.284. The number of furan rings is 1. The van der Waals surface area contributed by atoms with E-state index < -0.39 is 0 Å². The van der Waals surface area contributed by atoms with Gasteiger partial charge in [-0.1, -0.05) is 36.4 Å². The minimum absolute atomic E-state index is 0.246. The lowest BCUT2D eigenvalue weighted by Crippen LogP contribution is -2.32. The van der Waals surface area contributed by atoms with E-state index in [9.17, 15) is 4.79 Å². The maximum Gasteiger partial charge on any atom is 0.250 e. The highest BCUT2D eigenvalue weighted by Gasteiger charge is 2.04. The quantitative estimate of drug-likeness (QED) is 0.566. The maximum absolute atomic E-state index is 11.8. The summed E-state index contributed by atoms with van der Waals surface area (Å²) in [6, 6.07) is 17.3. The van der Waals surface area contributed by atoms with Crippen LogP contribution in [0.4, 0.5) is 5.69 Å². The molecule has 0 fully saturated rings. The molecule has 0 aliphatic heterocycles. The number of hydrogen-bond donors (Lipinski definition) is 2. The Morgan fingerprint density at radius 2 is 1.87 bits per heavy atom. The van der Waals surface area contributed by atoms with Crippen molar-refractivity contribution in [2.45, 2.75) is 0 Å². The number of amides is 1. The number of benzene rings is 2. The lowest BCUT2D eigenvalue weighted by atomic mass is 10.1. The van der Waals surface area contributed by atoms with Crippen molar-refractivity contribution in [2.24, 2.45) is 0 Å². The van der Waals surface area contributed by atoms with Crippen LogP contribution in [0.2, 0.25) is 0 Å². The van der Waals surface area contributed by atoms with Crippen LogP contribution in [0.1, 0.15) is 5.76 Å². The van der Waals surface area contributed by atoms with Gasteiger partial charge in [0.2, 0.25) is 5.91 Å². The second kappa shape index (κ2) is 6.89. The Kier molecular flexibility index (Phi) is 4.49. The molecular weight excluding hydrogens is 308 g/mol. The van der Waals surface area contributed by atoms with E-state index in [0.717, 1.165) is 16.5 Å². The molecule has 0 radical (unpaired) electrons. The Balaban J connectivity index is 1.66. The first-order valence-electron chi connectivity index (χ1n) is 7.04. The van der Waals surface area contributed by atoms with E-state index in [1.165, 1.54) is 6.08 Å². The highest BCUT2D eigenvalue weighted by Crippen LogP contribution is 2.22. The first kappa shape index (κ1) is 15.0.